The van der Waals surface area contributed by atoms with Gasteiger partial charge in [-0.05, 0) is 12.5 Å². The van der Waals surface area contributed by atoms with Gasteiger partial charge in [0.15, 0.2) is 11.5 Å². The first-order valence-corrected chi connectivity index (χ1v) is 4.31. The molecule has 0 spiro atoms. The van der Waals surface area contributed by atoms with E-state index in [0.29, 0.717) is 6.79 Å². The summed E-state index contributed by atoms with van der Waals surface area (Å²) in [7, 11) is 1.65. The maximum atomic E-state index is 5.34. The SMILES string of the molecule is CCc1cc(OC)cc2c1OCO2. The summed E-state index contributed by atoms with van der Waals surface area (Å²) in [5.74, 6) is 2.47. The van der Waals surface area contributed by atoms with Gasteiger partial charge in [0.25, 0.3) is 0 Å². The molecule has 0 bridgehead atoms. The molecule has 13 heavy (non-hydrogen) atoms. The summed E-state index contributed by atoms with van der Waals surface area (Å²) in [4.78, 5) is 0. The Kier molecular flexibility index (Phi) is 2.00. The van der Waals surface area contributed by atoms with Crippen molar-refractivity contribution in [3.8, 4) is 17.2 Å². The third-order valence-corrected chi connectivity index (χ3v) is 2.14. The molecular formula is C10H12O3. The van der Waals surface area contributed by atoms with Gasteiger partial charge in [-0.15, -0.1) is 0 Å². The minimum Gasteiger partial charge on any atom is -0.497 e. The number of methoxy groups -OCH3 is 1. The van der Waals surface area contributed by atoms with Crippen LogP contribution >= 0.6 is 0 Å². The summed E-state index contributed by atoms with van der Waals surface area (Å²) in [6.07, 6.45) is 0.920. The second-order valence-corrected chi connectivity index (χ2v) is 2.87. The first-order chi connectivity index (χ1) is 6.35. The van der Waals surface area contributed by atoms with Crippen LogP contribution < -0.4 is 14.2 Å². The Morgan fingerprint density at radius 3 is 2.92 bits per heavy atom. The molecule has 1 aromatic rings. The van der Waals surface area contributed by atoms with Crippen molar-refractivity contribution in [3.05, 3.63) is 17.7 Å². The normalized spacial score (nSPS) is 13.1. The minimum atomic E-state index is 0.315. The van der Waals surface area contributed by atoms with E-state index in [1.165, 1.54) is 0 Å². The maximum absolute atomic E-state index is 5.34. The van der Waals surface area contributed by atoms with Crippen molar-refractivity contribution < 1.29 is 14.2 Å². The molecule has 1 aromatic carbocycles. The van der Waals surface area contributed by atoms with E-state index in [1.807, 2.05) is 12.1 Å². The van der Waals surface area contributed by atoms with E-state index < -0.39 is 0 Å². The van der Waals surface area contributed by atoms with Gasteiger partial charge in [-0.25, -0.2) is 0 Å². The summed E-state index contributed by atoms with van der Waals surface area (Å²) < 4.78 is 15.8. The van der Waals surface area contributed by atoms with Crippen LogP contribution in [0.25, 0.3) is 0 Å². The molecule has 0 aliphatic carbocycles. The lowest BCUT2D eigenvalue weighted by Gasteiger charge is -2.06. The summed E-state index contributed by atoms with van der Waals surface area (Å²) in [5, 5.41) is 0. The van der Waals surface area contributed by atoms with Crippen molar-refractivity contribution in [1.29, 1.82) is 0 Å². The number of benzene rings is 1. The molecule has 0 fully saturated rings. The predicted octanol–water partition coefficient (Wildman–Crippen LogP) is 1.99. The fourth-order valence-electron chi connectivity index (χ4n) is 1.44. The lowest BCUT2D eigenvalue weighted by molar-refractivity contribution is 0.173. The van der Waals surface area contributed by atoms with E-state index in [2.05, 4.69) is 6.92 Å². The van der Waals surface area contributed by atoms with Crippen LogP contribution in [0.4, 0.5) is 0 Å². The average molecular weight is 180 g/mol. The van der Waals surface area contributed by atoms with Crippen LogP contribution in [-0.4, -0.2) is 13.9 Å². The first kappa shape index (κ1) is 8.23. The fourth-order valence-corrected chi connectivity index (χ4v) is 1.44. The number of rotatable bonds is 2. The largest absolute Gasteiger partial charge is 0.497 e. The predicted molar refractivity (Wildman–Crippen MR) is 48.5 cm³/mol. The zero-order valence-electron chi connectivity index (χ0n) is 7.79. The Bertz CT molecular complexity index is 320. The average Bonchev–Trinajstić information content (AvgIpc) is 2.63. The van der Waals surface area contributed by atoms with Crippen LogP contribution in [0.5, 0.6) is 17.2 Å². The standard InChI is InChI=1S/C10H12O3/c1-3-7-4-8(11-2)5-9-10(7)13-6-12-9/h4-5H,3,6H2,1-2H3. The first-order valence-electron chi connectivity index (χ1n) is 4.31. The van der Waals surface area contributed by atoms with Crippen LogP contribution in [0.3, 0.4) is 0 Å². The van der Waals surface area contributed by atoms with Crippen LogP contribution in [0.2, 0.25) is 0 Å². The number of aryl methyl sites for hydroxylation is 1. The lowest BCUT2D eigenvalue weighted by atomic mass is 10.1. The van der Waals surface area contributed by atoms with Crippen molar-refractivity contribution in [2.75, 3.05) is 13.9 Å². The Morgan fingerprint density at radius 1 is 1.38 bits per heavy atom. The molecule has 3 heteroatoms. The highest BCUT2D eigenvalue weighted by Crippen LogP contribution is 2.39. The van der Waals surface area contributed by atoms with E-state index >= 15 is 0 Å². The molecule has 0 saturated carbocycles. The summed E-state index contributed by atoms with van der Waals surface area (Å²) in [5.41, 5.74) is 1.13. The van der Waals surface area contributed by atoms with Crippen LogP contribution in [0.1, 0.15) is 12.5 Å². The fraction of sp³-hybridized carbons (Fsp3) is 0.400. The monoisotopic (exact) mass is 180 g/mol. The van der Waals surface area contributed by atoms with Crippen molar-refractivity contribution in [1.82, 2.24) is 0 Å². The summed E-state index contributed by atoms with van der Waals surface area (Å²) in [6.45, 7) is 2.40. The Labute approximate surface area is 77.2 Å². The van der Waals surface area contributed by atoms with E-state index in [-0.39, 0.29) is 0 Å². The van der Waals surface area contributed by atoms with E-state index in [0.717, 1.165) is 29.2 Å². The zero-order valence-corrected chi connectivity index (χ0v) is 7.79. The highest BCUT2D eigenvalue weighted by atomic mass is 16.7. The second kappa shape index (κ2) is 3.17. The van der Waals surface area contributed by atoms with E-state index in [9.17, 15) is 0 Å². The third kappa shape index (κ3) is 1.30. The molecule has 1 aliphatic heterocycles. The molecule has 70 valence electrons. The van der Waals surface area contributed by atoms with Crippen molar-refractivity contribution >= 4 is 0 Å². The Hall–Kier alpha value is -1.38. The third-order valence-electron chi connectivity index (χ3n) is 2.14. The van der Waals surface area contributed by atoms with Gasteiger partial charge < -0.3 is 14.2 Å². The van der Waals surface area contributed by atoms with Gasteiger partial charge in [-0.1, -0.05) is 6.92 Å². The second-order valence-electron chi connectivity index (χ2n) is 2.87. The van der Waals surface area contributed by atoms with Gasteiger partial charge in [-0.3, -0.25) is 0 Å². The smallest absolute Gasteiger partial charge is 0.231 e. The van der Waals surface area contributed by atoms with Gasteiger partial charge >= 0.3 is 0 Å². The van der Waals surface area contributed by atoms with Crippen LogP contribution in [0, 0.1) is 0 Å². The Balaban J connectivity index is 2.49. The van der Waals surface area contributed by atoms with Gasteiger partial charge in [0, 0.05) is 11.6 Å². The quantitative estimate of drug-likeness (QED) is 0.696. The number of fused-ring (bicyclic) bond motifs is 1. The van der Waals surface area contributed by atoms with Gasteiger partial charge in [0.2, 0.25) is 6.79 Å². The summed E-state index contributed by atoms with van der Waals surface area (Å²) in [6, 6.07) is 3.83. The Morgan fingerprint density at radius 2 is 2.23 bits per heavy atom. The highest BCUT2D eigenvalue weighted by molar-refractivity contribution is 5.53. The zero-order chi connectivity index (χ0) is 9.26. The molecule has 0 saturated heterocycles. The van der Waals surface area contributed by atoms with E-state index in [1.54, 1.807) is 7.11 Å². The van der Waals surface area contributed by atoms with Gasteiger partial charge in [-0.2, -0.15) is 0 Å². The summed E-state index contributed by atoms with van der Waals surface area (Å²) >= 11 is 0. The molecular weight excluding hydrogens is 168 g/mol. The molecule has 1 heterocycles. The molecule has 3 nitrogen and oxygen atoms in total. The van der Waals surface area contributed by atoms with E-state index in [4.69, 9.17) is 14.2 Å². The van der Waals surface area contributed by atoms with Gasteiger partial charge in [0.1, 0.15) is 5.75 Å². The van der Waals surface area contributed by atoms with Crippen LogP contribution in [-0.2, 0) is 6.42 Å². The van der Waals surface area contributed by atoms with Crippen molar-refractivity contribution in [2.45, 2.75) is 13.3 Å². The lowest BCUT2D eigenvalue weighted by Crippen LogP contribution is -1.94. The van der Waals surface area contributed by atoms with Crippen molar-refractivity contribution in [2.24, 2.45) is 0 Å². The molecule has 0 amide bonds. The van der Waals surface area contributed by atoms with Gasteiger partial charge in [0.05, 0.1) is 7.11 Å². The highest BCUT2D eigenvalue weighted by Gasteiger charge is 2.18. The number of hydrogen-bond acceptors (Lipinski definition) is 3. The molecule has 0 atom stereocenters. The maximum Gasteiger partial charge on any atom is 0.231 e. The minimum absolute atomic E-state index is 0.315. The molecule has 0 aromatic heterocycles. The molecule has 1 aliphatic rings. The topological polar surface area (TPSA) is 27.7 Å². The number of ether oxygens (including phenoxy) is 3. The molecule has 0 radical (unpaired) electrons. The molecule has 0 unspecified atom stereocenters. The van der Waals surface area contributed by atoms with Crippen molar-refractivity contribution in [3.63, 3.8) is 0 Å². The number of hydrogen-bond donors (Lipinski definition) is 0. The molecule has 0 N–H and O–H groups in total. The molecule has 2 rings (SSSR count). The van der Waals surface area contributed by atoms with Crippen LogP contribution in [0.15, 0.2) is 12.1 Å².